The molecule has 3 aliphatic rings. The second kappa shape index (κ2) is 4.50. The van der Waals surface area contributed by atoms with Gasteiger partial charge < -0.3 is 10.6 Å². The minimum absolute atomic E-state index is 0.770. The molecule has 102 valence electrons. The molecule has 3 nitrogen and oxygen atoms in total. The molecule has 2 fully saturated rings. The molecule has 0 bridgehead atoms. The summed E-state index contributed by atoms with van der Waals surface area (Å²) in [7, 11) is 0. The van der Waals surface area contributed by atoms with E-state index in [1.54, 1.807) is 0 Å². The van der Waals surface area contributed by atoms with Gasteiger partial charge >= 0.3 is 0 Å². The highest BCUT2D eigenvalue weighted by Crippen LogP contribution is 2.35. The summed E-state index contributed by atoms with van der Waals surface area (Å²) in [4.78, 5) is 5.37. The monoisotopic (exact) mass is 257 g/mol. The van der Waals surface area contributed by atoms with Gasteiger partial charge in [0.15, 0.2) is 0 Å². The summed E-state index contributed by atoms with van der Waals surface area (Å²) >= 11 is 0. The third-order valence-electron chi connectivity index (χ3n) is 5.35. The smallest absolute Gasteiger partial charge is 0.0363 e. The number of piperidine rings is 1. The van der Waals surface area contributed by atoms with Crippen molar-refractivity contribution in [3.8, 4) is 0 Å². The van der Waals surface area contributed by atoms with E-state index in [0.717, 1.165) is 30.9 Å². The SMILES string of the molecule is Nc1cccc2c1CN(C1CCN3CCCC3C1)C2. The fourth-order valence-corrected chi connectivity index (χ4v) is 4.27. The van der Waals surface area contributed by atoms with E-state index in [1.165, 1.54) is 49.9 Å². The van der Waals surface area contributed by atoms with Crippen molar-refractivity contribution in [1.82, 2.24) is 9.80 Å². The zero-order chi connectivity index (χ0) is 12.8. The lowest BCUT2D eigenvalue weighted by atomic mass is 9.96. The molecule has 4 rings (SSSR count). The van der Waals surface area contributed by atoms with E-state index >= 15 is 0 Å². The van der Waals surface area contributed by atoms with Crippen LogP contribution in [0.25, 0.3) is 0 Å². The standard InChI is InChI=1S/C16H23N3/c17-16-5-1-3-12-10-19(11-15(12)16)14-6-8-18-7-2-4-13(18)9-14/h1,3,5,13-14H,2,4,6-11,17H2. The van der Waals surface area contributed by atoms with E-state index in [9.17, 15) is 0 Å². The summed E-state index contributed by atoms with van der Waals surface area (Å²) < 4.78 is 0. The Kier molecular flexibility index (Phi) is 2.78. The van der Waals surface area contributed by atoms with Crippen molar-refractivity contribution in [1.29, 1.82) is 0 Å². The van der Waals surface area contributed by atoms with E-state index in [-0.39, 0.29) is 0 Å². The Hall–Kier alpha value is -1.06. The molecule has 3 aliphatic heterocycles. The lowest BCUT2D eigenvalue weighted by Gasteiger charge is -2.39. The predicted octanol–water partition coefficient (Wildman–Crippen LogP) is 2.21. The van der Waals surface area contributed by atoms with Gasteiger partial charge in [0.2, 0.25) is 0 Å². The third-order valence-corrected chi connectivity index (χ3v) is 5.35. The molecule has 0 aromatic heterocycles. The molecule has 3 heterocycles. The lowest BCUT2D eigenvalue weighted by Crippen LogP contribution is -2.45. The zero-order valence-corrected chi connectivity index (χ0v) is 11.5. The average molecular weight is 257 g/mol. The van der Waals surface area contributed by atoms with Gasteiger partial charge in [-0.15, -0.1) is 0 Å². The summed E-state index contributed by atoms with van der Waals surface area (Å²) in [6.45, 7) is 4.82. The first kappa shape index (κ1) is 11.7. The van der Waals surface area contributed by atoms with Gasteiger partial charge in [0.05, 0.1) is 0 Å². The van der Waals surface area contributed by atoms with Gasteiger partial charge in [-0.05, 0) is 56.0 Å². The van der Waals surface area contributed by atoms with E-state index in [1.807, 2.05) is 6.07 Å². The molecule has 0 radical (unpaired) electrons. The minimum Gasteiger partial charge on any atom is -0.398 e. The molecular formula is C16H23N3. The number of anilines is 1. The van der Waals surface area contributed by atoms with E-state index < -0.39 is 0 Å². The minimum atomic E-state index is 0.770. The first-order valence-corrected chi connectivity index (χ1v) is 7.65. The fraction of sp³-hybridized carbons (Fsp3) is 0.625. The number of hydrogen-bond acceptors (Lipinski definition) is 3. The van der Waals surface area contributed by atoms with Gasteiger partial charge in [-0.3, -0.25) is 4.90 Å². The Labute approximate surface area is 115 Å². The number of hydrogen-bond donors (Lipinski definition) is 1. The molecule has 0 spiro atoms. The predicted molar refractivity (Wildman–Crippen MR) is 77.7 cm³/mol. The van der Waals surface area contributed by atoms with Crippen LogP contribution in [0.4, 0.5) is 5.69 Å². The van der Waals surface area contributed by atoms with Crippen LogP contribution < -0.4 is 5.73 Å². The topological polar surface area (TPSA) is 32.5 Å². The van der Waals surface area contributed by atoms with Crippen molar-refractivity contribution >= 4 is 5.69 Å². The fourth-order valence-electron chi connectivity index (χ4n) is 4.27. The molecular weight excluding hydrogens is 234 g/mol. The van der Waals surface area contributed by atoms with Crippen LogP contribution in [0.5, 0.6) is 0 Å². The number of nitrogens with two attached hydrogens (primary N) is 1. The number of nitrogen functional groups attached to an aromatic ring is 1. The van der Waals surface area contributed by atoms with Crippen LogP contribution in [-0.2, 0) is 13.1 Å². The third kappa shape index (κ3) is 1.96. The van der Waals surface area contributed by atoms with Crippen molar-refractivity contribution in [2.45, 2.75) is 50.9 Å². The summed E-state index contributed by atoms with van der Waals surface area (Å²) in [5.74, 6) is 0. The van der Waals surface area contributed by atoms with Crippen LogP contribution >= 0.6 is 0 Å². The summed E-state index contributed by atoms with van der Waals surface area (Å²) in [5, 5.41) is 0. The van der Waals surface area contributed by atoms with Gasteiger partial charge in [-0.2, -0.15) is 0 Å². The molecule has 3 heteroatoms. The van der Waals surface area contributed by atoms with Crippen LogP contribution in [-0.4, -0.2) is 35.0 Å². The summed E-state index contributed by atoms with van der Waals surface area (Å²) in [5.41, 5.74) is 9.94. The number of rotatable bonds is 1. The van der Waals surface area contributed by atoms with E-state index in [4.69, 9.17) is 5.73 Å². The van der Waals surface area contributed by atoms with Crippen molar-refractivity contribution < 1.29 is 0 Å². The van der Waals surface area contributed by atoms with Crippen molar-refractivity contribution in [2.24, 2.45) is 0 Å². The van der Waals surface area contributed by atoms with Crippen LogP contribution in [0.3, 0.4) is 0 Å². The average Bonchev–Trinajstić information content (AvgIpc) is 3.04. The Morgan fingerprint density at radius 2 is 1.89 bits per heavy atom. The van der Waals surface area contributed by atoms with Gasteiger partial charge in [0, 0.05) is 30.9 Å². The molecule has 0 aliphatic carbocycles. The molecule has 1 aromatic carbocycles. The molecule has 2 saturated heterocycles. The van der Waals surface area contributed by atoms with Crippen LogP contribution in [0.2, 0.25) is 0 Å². The Balaban J connectivity index is 1.49. The largest absolute Gasteiger partial charge is 0.398 e. The van der Waals surface area contributed by atoms with Crippen LogP contribution in [0.1, 0.15) is 36.8 Å². The van der Waals surface area contributed by atoms with E-state index in [0.29, 0.717) is 0 Å². The first-order valence-electron chi connectivity index (χ1n) is 7.65. The van der Waals surface area contributed by atoms with Gasteiger partial charge in [-0.25, -0.2) is 0 Å². The van der Waals surface area contributed by atoms with Gasteiger partial charge in [0.25, 0.3) is 0 Å². The van der Waals surface area contributed by atoms with Gasteiger partial charge in [0.1, 0.15) is 0 Å². The zero-order valence-electron chi connectivity index (χ0n) is 11.5. The summed E-state index contributed by atoms with van der Waals surface area (Å²) in [6.07, 6.45) is 5.53. The molecule has 0 saturated carbocycles. The van der Waals surface area contributed by atoms with Crippen molar-refractivity contribution in [2.75, 3.05) is 18.8 Å². The van der Waals surface area contributed by atoms with Crippen LogP contribution in [0, 0.1) is 0 Å². The highest BCUT2D eigenvalue weighted by atomic mass is 15.2. The molecule has 2 N–H and O–H groups in total. The molecule has 1 aromatic rings. The maximum Gasteiger partial charge on any atom is 0.0363 e. The Bertz CT molecular complexity index is 485. The second-order valence-electron chi connectivity index (χ2n) is 6.40. The normalized spacial score (nSPS) is 31.4. The van der Waals surface area contributed by atoms with Crippen molar-refractivity contribution in [3.05, 3.63) is 29.3 Å². The highest BCUT2D eigenvalue weighted by molar-refractivity contribution is 5.52. The highest BCUT2D eigenvalue weighted by Gasteiger charge is 2.36. The Morgan fingerprint density at radius 1 is 1.00 bits per heavy atom. The first-order chi connectivity index (χ1) is 9.31. The van der Waals surface area contributed by atoms with Crippen molar-refractivity contribution in [3.63, 3.8) is 0 Å². The van der Waals surface area contributed by atoms with Gasteiger partial charge in [-0.1, -0.05) is 12.1 Å². The maximum absolute atomic E-state index is 6.11. The van der Waals surface area contributed by atoms with E-state index in [2.05, 4.69) is 21.9 Å². The quantitative estimate of drug-likeness (QED) is 0.783. The molecule has 0 amide bonds. The molecule has 19 heavy (non-hydrogen) atoms. The molecule has 2 atom stereocenters. The second-order valence-corrected chi connectivity index (χ2v) is 6.40. The lowest BCUT2D eigenvalue weighted by molar-refractivity contribution is 0.0860. The maximum atomic E-state index is 6.11. The van der Waals surface area contributed by atoms with Crippen LogP contribution in [0.15, 0.2) is 18.2 Å². The summed E-state index contributed by atoms with van der Waals surface area (Å²) in [6, 6.07) is 8.01. The Morgan fingerprint density at radius 3 is 2.79 bits per heavy atom. The number of nitrogens with zero attached hydrogens (tertiary/aromatic N) is 2. The number of benzene rings is 1. The number of fused-ring (bicyclic) bond motifs is 2. The molecule has 2 unspecified atom stereocenters.